The number of methoxy groups -OCH3 is 3. The Hall–Kier alpha value is -13.9. The maximum Gasteiger partial charge on any atom is 0.412 e. The summed E-state index contributed by atoms with van der Waals surface area (Å²) in [6.45, 7) is 27.3. The van der Waals surface area contributed by atoms with Gasteiger partial charge in [-0.25, -0.2) is 62.0 Å². The van der Waals surface area contributed by atoms with Gasteiger partial charge in [0.1, 0.15) is 28.5 Å². The van der Waals surface area contributed by atoms with Gasteiger partial charge in [-0.05, 0) is 160 Å². The number of urea groups is 3. The van der Waals surface area contributed by atoms with Crippen molar-refractivity contribution in [2.24, 2.45) is 0 Å². The minimum Gasteiger partial charge on any atom is -0.495 e. The molecule has 3 saturated heterocycles. The van der Waals surface area contributed by atoms with E-state index in [9.17, 15) is 37.2 Å². The Balaban J connectivity index is 0.000000161. The number of likely N-dealkylation sites (N-methyl/N-ethyl adjacent to an activating group) is 3. The topological polar surface area (TPSA) is 385 Å². The molecule has 0 atom stereocenters. The quantitative estimate of drug-likeness (QED) is 0.0264. The highest BCUT2D eigenvalue weighted by atomic mass is 32.2. The number of nitrogens with one attached hydrogen (secondary N) is 5. The van der Waals surface area contributed by atoms with E-state index in [1.165, 1.54) is 37.6 Å². The zero-order valence-electron chi connectivity index (χ0n) is 74.6. The predicted molar refractivity (Wildman–Crippen MR) is 493 cm³/mol. The second kappa shape index (κ2) is 40.0. The molecule has 127 heavy (non-hydrogen) atoms. The molecule has 0 saturated carbocycles. The number of piperazine rings is 3. The fourth-order valence-corrected chi connectivity index (χ4v) is 14.8. The Morgan fingerprint density at radius 3 is 1.10 bits per heavy atom. The molecule has 9 aromatic rings. The lowest BCUT2D eigenvalue weighted by molar-refractivity contribution is -0.111. The zero-order valence-corrected chi connectivity index (χ0v) is 75.4. The Kier molecular flexibility index (Phi) is 29.1. The van der Waals surface area contributed by atoms with Gasteiger partial charge in [-0.15, -0.1) is 0 Å². The summed E-state index contributed by atoms with van der Waals surface area (Å²) < 4.78 is 51.1. The van der Waals surface area contributed by atoms with E-state index in [1.807, 2.05) is 36.4 Å². The van der Waals surface area contributed by atoms with E-state index in [2.05, 4.69) is 122 Å². The molecule has 0 aliphatic carbocycles. The number of carbonyl (C=O) groups excluding carboxylic acids is 6. The Morgan fingerprint density at radius 1 is 0.433 bits per heavy atom. The van der Waals surface area contributed by atoms with Gasteiger partial charge in [0, 0.05) is 194 Å². The van der Waals surface area contributed by atoms with Gasteiger partial charge in [-0.1, -0.05) is 24.8 Å². The summed E-state index contributed by atoms with van der Waals surface area (Å²) in [5.41, 5.74) is 15.1. The number of benzene rings is 6. The van der Waals surface area contributed by atoms with Crippen molar-refractivity contribution in [1.82, 2.24) is 59.3 Å². The van der Waals surface area contributed by atoms with E-state index < -0.39 is 39.3 Å². The van der Waals surface area contributed by atoms with Crippen molar-refractivity contribution in [3.05, 3.63) is 175 Å². The second-order valence-corrected chi connectivity index (χ2v) is 35.1. The number of fused-ring (bicyclic) bond motifs is 3. The summed E-state index contributed by atoms with van der Waals surface area (Å²) >= 11 is 0. The summed E-state index contributed by atoms with van der Waals surface area (Å²) in [5, 5.41) is 14.3. The number of nitrogen functional groups attached to an aromatic ring is 1. The zero-order chi connectivity index (χ0) is 91.3. The lowest BCUT2D eigenvalue weighted by atomic mass is 10.2. The molecular formula is C89H112N24O13S. The lowest BCUT2D eigenvalue weighted by Crippen LogP contribution is -2.44. The predicted octanol–water partition coefficient (Wildman–Crippen LogP) is 12.8. The van der Waals surface area contributed by atoms with Crippen LogP contribution in [0.5, 0.6) is 17.2 Å². The number of rotatable bonds is 18. The van der Waals surface area contributed by atoms with Gasteiger partial charge in [-0.3, -0.25) is 15.4 Å². The third-order valence-corrected chi connectivity index (χ3v) is 21.8. The van der Waals surface area contributed by atoms with Crippen LogP contribution >= 0.6 is 0 Å². The van der Waals surface area contributed by atoms with Crippen LogP contribution in [0, 0.1) is 0 Å². The molecule has 38 heteroatoms. The standard InChI is InChI=1S/C30H38N8O4.C28H32N8O3.C19H23N5O5S.C12H19N3O/c1-30(2,3)42-28(39)32-21-8-7-9-23(16-21)38-26-20(19-36(5)29(38)40)18-31-27(34-26)33-24-11-10-22(17-25(24)41-6)37-14-12-35(4)13-15-37;1-5-25(37)30-20-7-6-8-22(15-20)36-26-19(18-34(3)28(36)38)17-29-27(32-26)31-23-10-9-21(16-24(23)39-4)35-13-11-33(2)12-14-35;1-19(2,3)29-17(25)21-13-7-6-8-14(9-13)24-15-12(11-23(4)18(24)26)10-20-16(22-15)30(5,27)28;1-14-5-7-15(8-6-14)10-3-4-11(13)12(9-10)16-2/h7-11,16-18H,12-15,19H2,1-6H3,(H,32,39)(H,31,33,34);5-10,15-17H,1,11-14,18H2,2-4H3,(H,30,37)(H,29,31,32);6-10H,11H2,1-5H3,(H,21,25);3-4,9H,5-8,13H2,1-2H3. The summed E-state index contributed by atoms with van der Waals surface area (Å²) in [4.78, 5) is 125. The van der Waals surface area contributed by atoms with Gasteiger partial charge in [0.05, 0.1) is 75.1 Å². The molecular weight excluding hydrogens is 1650 g/mol. The molecule has 672 valence electrons. The molecule has 6 aliphatic rings. The van der Waals surface area contributed by atoms with E-state index in [4.69, 9.17) is 39.4 Å². The van der Waals surface area contributed by atoms with E-state index in [0.717, 1.165) is 119 Å². The van der Waals surface area contributed by atoms with Gasteiger partial charge < -0.3 is 89.5 Å². The smallest absolute Gasteiger partial charge is 0.412 e. The minimum atomic E-state index is -3.66. The van der Waals surface area contributed by atoms with Crippen molar-refractivity contribution < 1.29 is 60.9 Å². The minimum absolute atomic E-state index is 0.183. The summed E-state index contributed by atoms with van der Waals surface area (Å²) in [6.07, 6.45) is 5.81. The molecule has 7 N–H and O–H groups in total. The first kappa shape index (κ1) is 92.3. The molecule has 6 aliphatic heterocycles. The maximum atomic E-state index is 13.4. The molecule has 0 bridgehead atoms. The van der Waals surface area contributed by atoms with Crippen molar-refractivity contribution in [2.45, 2.75) is 77.5 Å². The van der Waals surface area contributed by atoms with E-state index in [-0.39, 0.29) is 35.5 Å². The third kappa shape index (κ3) is 23.6. The molecule has 0 spiro atoms. The van der Waals surface area contributed by atoms with E-state index in [1.54, 1.807) is 179 Å². The molecule has 0 radical (unpaired) electrons. The Morgan fingerprint density at radius 2 is 0.764 bits per heavy atom. The fourth-order valence-electron chi connectivity index (χ4n) is 14.3. The SMILES string of the molecule is C=CC(=O)Nc1cccc(N2C(=O)N(C)Cc3cnc(Nc4ccc(N5CCN(C)CC5)cc4OC)nc32)c1.CN1Cc2cnc(S(C)(=O)=O)nc2N(c2cccc(NC(=O)OC(C)(C)C)c2)C1=O.COc1cc(N2CCN(C)CC2)ccc1N.COc1cc(N2CCN(C)CC2)ccc1Nc1ncc2c(n1)N(c1cccc(NC(=O)OC(C)(C)C)c1)C(=O)N(C)C2. The molecule has 0 unspecified atom stereocenters. The molecule has 3 aromatic heterocycles. The van der Waals surface area contributed by atoms with Crippen LogP contribution in [0.4, 0.5) is 122 Å². The number of amides is 9. The van der Waals surface area contributed by atoms with Crippen molar-refractivity contribution in [2.75, 3.05) is 210 Å². The van der Waals surface area contributed by atoms with Crippen molar-refractivity contribution in [3.8, 4) is 17.2 Å². The van der Waals surface area contributed by atoms with Gasteiger partial charge in [0.25, 0.3) is 0 Å². The maximum absolute atomic E-state index is 13.4. The molecule has 37 nitrogen and oxygen atoms in total. The number of hydrogen-bond donors (Lipinski definition) is 6. The largest absolute Gasteiger partial charge is 0.495 e. The molecule has 6 aromatic carbocycles. The van der Waals surface area contributed by atoms with Crippen molar-refractivity contribution >= 4 is 144 Å². The van der Waals surface area contributed by atoms with Crippen LogP contribution in [0.3, 0.4) is 0 Å². The summed E-state index contributed by atoms with van der Waals surface area (Å²) in [5.74, 6) is 3.53. The van der Waals surface area contributed by atoms with Crippen LogP contribution < -0.4 is 75.9 Å². The molecule has 15 rings (SSSR count). The number of anilines is 17. The van der Waals surface area contributed by atoms with Crippen LogP contribution in [0.25, 0.3) is 0 Å². The third-order valence-electron chi connectivity index (χ3n) is 21.0. The van der Waals surface area contributed by atoms with Crippen molar-refractivity contribution in [3.63, 3.8) is 0 Å². The summed E-state index contributed by atoms with van der Waals surface area (Å²) in [6, 6.07) is 37.7. The van der Waals surface area contributed by atoms with Gasteiger partial charge in [-0.2, -0.15) is 15.0 Å². The van der Waals surface area contributed by atoms with E-state index in [0.29, 0.717) is 99.2 Å². The van der Waals surface area contributed by atoms with Crippen molar-refractivity contribution in [1.29, 1.82) is 0 Å². The number of hydrogen-bond acceptors (Lipinski definition) is 28. The average molecular weight is 1760 g/mol. The molecule has 9 amide bonds. The monoisotopic (exact) mass is 1760 g/mol. The van der Waals surface area contributed by atoms with Crippen LogP contribution in [-0.2, 0) is 43.7 Å². The number of aromatic nitrogens is 6. The highest BCUT2D eigenvalue weighted by molar-refractivity contribution is 7.90. The Labute approximate surface area is 740 Å². The number of carbonyl (C=O) groups is 6. The lowest BCUT2D eigenvalue weighted by Gasteiger charge is -2.34. The molecule has 3 fully saturated rings. The highest BCUT2D eigenvalue weighted by Crippen LogP contribution is 2.41. The first-order chi connectivity index (χ1) is 60.4. The fraction of sp³-hybridized carbons (Fsp3) is 0.371. The van der Waals surface area contributed by atoms with Gasteiger partial charge in [0.2, 0.25) is 32.8 Å². The van der Waals surface area contributed by atoms with Crippen LogP contribution in [-0.4, -0.2) is 264 Å². The first-order valence-electron chi connectivity index (χ1n) is 41.2. The average Bonchev–Trinajstić information content (AvgIpc) is 0.754. The number of sulfone groups is 1. The van der Waals surface area contributed by atoms with Crippen LogP contribution in [0.1, 0.15) is 58.2 Å². The van der Waals surface area contributed by atoms with Crippen LogP contribution in [0.2, 0.25) is 0 Å². The Bertz CT molecular complexity index is 5640. The number of ether oxygens (including phenoxy) is 5. The highest BCUT2D eigenvalue weighted by Gasteiger charge is 2.37. The number of nitrogens with zero attached hydrogens (tertiary/aromatic N) is 18. The molecule has 9 heterocycles. The summed E-state index contributed by atoms with van der Waals surface area (Å²) in [7, 11) is 12.7. The van der Waals surface area contributed by atoms with Gasteiger partial charge in [0.15, 0.2) is 17.5 Å². The first-order valence-corrected chi connectivity index (χ1v) is 43.1. The normalized spacial score (nSPS) is 15.6. The van der Waals surface area contributed by atoms with Crippen LogP contribution in [0.15, 0.2) is 164 Å². The number of nitrogens with two attached hydrogens (primary N) is 1. The van der Waals surface area contributed by atoms with Gasteiger partial charge >= 0.3 is 30.3 Å². The second-order valence-electron chi connectivity index (χ2n) is 33.2. The van der Waals surface area contributed by atoms with E-state index >= 15 is 0 Å².